The molecule has 0 amide bonds. The molecule has 0 spiro atoms. The average molecular weight is 423 g/mol. The Bertz CT molecular complexity index is 1330. The monoisotopic (exact) mass is 423 g/mol. The van der Waals surface area contributed by atoms with Gasteiger partial charge in [-0.2, -0.15) is 5.26 Å². The number of ether oxygens (including phenoxy) is 1. The van der Waals surface area contributed by atoms with Crippen LogP contribution in [0.25, 0.3) is 28.1 Å². The Kier molecular flexibility index (Phi) is 5.28. The summed E-state index contributed by atoms with van der Waals surface area (Å²) in [5.74, 6) is 1.20. The summed E-state index contributed by atoms with van der Waals surface area (Å²) in [5.41, 5.74) is 1.75. The van der Waals surface area contributed by atoms with E-state index in [2.05, 4.69) is 21.2 Å². The molecule has 7 heteroatoms. The molecule has 1 aliphatic heterocycles. The Balaban J connectivity index is 1.70. The smallest absolute Gasteiger partial charge is 0.232 e. The van der Waals surface area contributed by atoms with E-state index < -0.39 is 0 Å². The Hall–Kier alpha value is -4.15. The summed E-state index contributed by atoms with van der Waals surface area (Å²) in [4.78, 5) is 2.11. The summed E-state index contributed by atoms with van der Waals surface area (Å²) in [6, 6.07) is 23.3. The van der Waals surface area contributed by atoms with Gasteiger partial charge in [-0.25, -0.2) is 0 Å². The molecule has 2 heterocycles. The van der Waals surface area contributed by atoms with Crippen molar-refractivity contribution in [2.24, 2.45) is 0 Å². The first kappa shape index (κ1) is 19.8. The van der Waals surface area contributed by atoms with Gasteiger partial charge in [-0.3, -0.25) is 4.57 Å². The van der Waals surface area contributed by atoms with E-state index in [0.29, 0.717) is 49.2 Å². The lowest BCUT2D eigenvalue weighted by atomic mass is 10.0. The number of benzene rings is 3. The van der Waals surface area contributed by atoms with E-state index in [4.69, 9.17) is 4.74 Å². The molecule has 5 rings (SSSR count). The first-order chi connectivity index (χ1) is 15.8. The van der Waals surface area contributed by atoms with Crippen molar-refractivity contribution in [3.8, 4) is 17.5 Å². The maximum atomic E-state index is 10.6. The highest BCUT2D eigenvalue weighted by Crippen LogP contribution is 2.32. The molecule has 0 saturated carbocycles. The molecule has 0 aliphatic carbocycles. The van der Waals surface area contributed by atoms with E-state index in [0.717, 1.165) is 16.5 Å². The standard InChI is InChI=1S/C25H21N5O2/c26-17-19(16-22-21-9-5-4-6-18(21)10-11-23(22)31)24-27-28-25(29-12-14-32-15-13-29)30(24)20-7-2-1-3-8-20/h1-11,16,31H,12-15H2/b19-16+. The van der Waals surface area contributed by atoms with Gasteiger partial charge in [-0.1, -0.05) is 48.5 Å². The lowest BCUT2D eigenvalue weighted by molar-refractivity contribution is 0.122. The molecule has 0 atom stereocenters. The van der Waals surface area contributed by atoms with Gasteiger partial charge >= 0.3 is 0 Å². The van der Waals surface area contributed by atoms with Crippen molar-refractivity contribution in [3.63, 3.8) is 0 Å². The van der Waals surface area contributed by atoms with Crippen molar-refractivity contribution in [2.75, 3.05) is 31.2 Å². The molecule has 1 aromatic heterocycles. The number of allylic oxidation sites excluding steroid dienone is 1. The molecule has 32 heavy (non-hydrogen) atoms. The van der Waals surface area contributed by atoms with Crippen LogP contribution in [0.2, 0.25) is 0 Å². The van der Waals surface area contributed by atoms with Crippen LogP contribution in [0, 0.1) is 11.3 Å². The molecule has 3 aromatic carbocycles. The maximum absolute atomic E-state index is 10.6. The van der Waals surface area contributed by atoms with Gasteiger partial charge < -0.3 is 14.7 Å². The van der Waals surface area contributed by atoms with Crippen LogP contribution in [-0.4, -0.2) is 46.2 Å². The number of anilines is 1. The highest BCUT2D eigenvalue weighted by Gasteiger charge is 2.23. The van der Waals surface area contributed by atoms with Crippen molar-refractivity contribution in [1.29, 1.82) is 5.26 Å². The second-order valence-corrected chi connectivity index (χ2v) is 7.48. The van der Waals surface area contributed by atoms with E-state index in [-0.39, 0.29) is 5.75 Å². The molecule has 1 fully saturated rings. The van der Waals surface area contributed by atoms with E-state index >= 15 is 0 Å². The number of nitriles is 1. The zero-order valence-electron chi connectivity index (χ0n) is 17.3. The minimum Gasteiger partial charge on any atom is -0.507 e. The second kappa shape index (κ2) is 8.53. The number of hydrogen-bond acceptors (Lipinski definition) is 6. The van der Waals surface area contributed by atoms with Crippen molar-refractivity contribution in [1.82, 2.24) is 14.8 Å². The van der Waals surface area contributed by atoms with Gasteiger partial charge in [0.05, 0.1) is 24.5 Å². The summed E-state index contributed by atoms with van der Waals surface area (Å²) in [5, 5.41) is 31.3. The van der Waals surface area contributed by atoms with Gasteiger partial charge in [-0.05, 0) is 35.0 Å². The van der Waals surface area contributed by atoms with Crippen molar-refractivity contribution < 1.29 is 9.84 Å². The first-order valence-electron chi connectivity index (χ1n) is 10.4. The molecule has 7 nitrogen and oxygen atoms in total. The number of phenols is 1. The number of aromatic nitrogens is 3. The number of phenolic OH excluding ortho intramolecular Hbond substituents is 1. The SMILES string of the molecule is N#C/C(=C\c1c(O)ccc2ccccc12)c1nnc(N2CCOCC2)n1-c1ccccc1. The molecule has 1 N–H and O–H groups in total. The third-order valence-corrected chi connectivity index (χ3v) is 5.55. The minimum absolute atomic E-state index is 0.107. The number of hydrogen-bond donors (Lipinski definition) is 1. The van der Waals surface area contributed by atoms with Crippen molar-refractivity contribution in [3.05, 3.63) is 78.1 Å². The van der Waals surface area contributed by atoms with E-state index in [1.807, 2.05) is 65.2 Å². The van der Waals surface area contributed by atoms with Crippen molar-refractivity contribution >= 4 is 28.4 Å². The zero-order chi connectivity index (χ0) is 21.9. The number of morpholine rings is 1. The Morgan fingerprint density at radius 2 is 1.72 bits per heavy atom. The van der Waals surface area contributed by atoms with Crippen LogP contribution >= 0.6 is 0 Å². The average Bonchev–Trinajstić information content (AvgIpc) is 3.30. The fraction of sp³-hybridized carbons (Fsp3) is 0.160. The van der Waals surface area contributed by atoms with Gasteiger partial charge in [-0.15, -0.1) is 10.2 Å². The minimum atomic E-state index is 0.107. The van der Waals surface area contributed by atoms with Crippen LogP contribution in [0.15, 0.2) is 66.7 Å². The van der Waals surface area contributed by atoms with Crippen LogP contribution in [0.5, 0.6) is 5.75 Å². The lowest BCUT2D eigenvalue weighted by Crippen LogP contribution is -2.38. The topological polar surface area (TPSA) is 87.2 Å². The Morgan fingerprint density at radius 1 is 0.969 bits per heavy atom. The zero-order valence-corrected chi connectivity index (χ0v) is 17.3. The van der Waals surface area contributed by atoms with Gasteiger partial charge in [0.2, 0.25) is 5.95 Å². The normalized spacial score (nSPS) is 14.5. The number of aromatic hydroxyl groups is 1. The van der Waals surface area contributed by atoms with Gasteiger partial charge in [0, 0.05) is 18.7 Å². The molecule has 1 aliphatic rings. The maximum Gasteiger partial charge on any atom is 0.232 e. The quantitative estimate of drug-likeness (QED) is 0.499. The van der Waals surface area contributed by atoms with Crippen molar-refractivity contribution in [2.45, 2.75) is 0 Å². The fourth-order valence-electron chi connectivity index (χ4n) is 3.96. The largest absolute Gasteiger partial charge is 0.507 e. The highest BCUT2D eigenvalue weighted by molar-refractivity contribution is 5.99. The number of rotatable bonds is 4. The molecule has 0 bridgehead atoms. The summed E-state index contributed by atoms with van der Waals surface area (Å²) in [6.07, 6.45) is 1.68. The molecule has 0 unspecified atom stereocenters. The van der Waals surface area contributed by atoms with E-state index in [1.54, 1.807) is 12.1 Å². The molecule has 0 radical (unpaired) electrons. The summed E-state index contributed by atoms with van der Waals surface area (Å²) in [7, 11) is 0. The molecule has 1 saturated heterocycles. The van der Waals surface area contributed by atoms with Crippen LogP contribution < -0.4 is 4.90 Å². The highest BCUT2D eigenvalue weighted by atomic mass is 16.5. The molecular formula is C25H21N5O2. The molecular weight excluding hydrogens is 402 g/mol. The Labute approximate surface area is 185 Å². The third kappa shape index (κ3) is 3.57. The predicted molar refractivity (Wildman–Crippen MR) is 123 cm³/mol. The van der Waals surface area contributed by atoms with Crippen LogP contribution in [0.4, 0.5) is 5.95 Å². The molecule has 158 valence electrons. The van der Waals surface area contributed by atoms with E-state index in [9.17, 15) is 10.4 Å². The van der Waals surface area contributed by atoms with Crippen LogP contribution in [-0.2, 0) is 4.74 Å². The first-order valence-corrected chi connectivity index (χ1v) is 10.4. The van der Waals surface area contributed by atoms with Gasteiger partial charge in [0.1, 0.15) is 11.8 Å². The van der Waals surface area contributed by atoms with E-state index in [1.165, 1.54) is 0 Å². The summed E-state index contributed by atoms with van der Waals surface area (Å²) in [6.45, 7) is 2.62. The number of para-hydroxylation sites is 1. The summed E-state index contributed by atoms with van der Waals surface area (Å²) < 4.78 is 7.38. The van der Waals surface area contributed by atoms with Gasteiger partial charge in [0.15, 0.2) is 5.82 Å². The molecule has 4 aromatic rings. The Morgan fingerprint density at radius 3 is 2.50 bits per heavy atom. The van der Waals surface area contributed by atoms with Crippen LogP contribution in [0.1, 0.15) is 11.4 Å². The fourth-order valence-corrected chi connectivity index (χ4v) is 3.96. The lowest BCUT2D eigenvalue weighted by Gasteiger charge is -2.28. The number of fused-ring (bicyclic) bond motifs is 1. The summed E-state index contributed by atoms with van der Waals surface area (Å²) >= 11 is 0. The predicted octanol–water partition coefficient (Wildman–Crippen LogP) is 4.03. The third-order valence-electron chi connectivity index (χ3n) is 5.55. The second-order valence-electron chi connectivity index (χ2n) is 7.48. The van der Waals surface area contributed by atoms with Gasteiger partial charge in [0.25, 0.3) is 0 Å². The van der Waals surface area contributed by atoms with Crippen LogP contribution in [0.3, 0.4) is 0 Å². The number of nitrogens with zero attached hydrogens (tertiary/aromatic N) is 5.